The number of nitro benzene ring substituents is 1. The van der Waals surface area contributed by atoms with Crippen LogP contribution in [0.5, 0.6) is 0 Å². The van der Waals surface area contributed by atoms with E-state index in [1.165, 1.54) is 24.3 Å². The van der Waals surface area contributed by atoms with E-state index in [0.29, 0.717) is 12.1 Å². The van der Waals surface area contributed by atoms with E-state index in [4.69, 9.17) is 5.73 Å². The Morgan fingerprint density at radius 2 is 1.64 bits per heavy atom. The fraction of sp³-hybridized carbons (Fsp3) is 0.533. The van der Waals surface area contributed by atoms with Crippen LogP contribution in [-0.4, -0.2) is 37.0 Å². The number of benzene rings is 1. The summed E-state index contributed by atoms with van der Waals surface area (Å²) in [7, 11) is 0. The maximum Gasteiger partial charge on any atom is 0.269 e. The molecule has 1 amide bonds. The average Bonchev–Trinajstić information content (AvgIpc) is 2.53. The van der Waals surface area contributed by atoms with Crippen LogP contribution in [0, 0.1) is 10.1 Å². The summed E-state index contributed by atoms with van der Waals surface area (Å²) < 4.78 is 0. The summed E-state index contributed by atoms with van der Waals surface area (Å²) in [5.41, 5.74) is 5.83. The van der Waals surface area contributed by atoms with E-state index in [-0.39, 0.29) is 11.6 Å². The maximum absolute atomic E-state index is 11.8. The number of non-ortho nitro benzene ring substituents is 1. The van der Waals surface area contributed by atoms with Gasteiger partial charge in [-0.15, -0.1) is 0 Å². The molecule has 0 atom stereocenters. The van der Waals surface area contributed by atoms with Gasteiger partial charge in [0, 0.05) is 24.2 Å². The molecule has 1 rings (SSSR count). The lowest BCUT2D eigenvalue weighted by Crippen LogP contribution is -2.25. The molecule has 122 valence electrons. The smallest absolute Gasteiger partial charge is 0.269 e. The molecular formula is C15H24N4O3. The van der Waals surface area contributed by atoms with Crippen LogP contribution in [0.15, 0.2) is 24.3 Å². The van der Waals surface area contributed by atoms with Gasteiger partial charge in [-0.3, -0.25) is 14.9 Å². The van der Waals surface area contributed by atoms with Crippen LogP contribution in [0.3, 0.4) is 0 Å². The molecule has 0 heterocycles. The summed E-state index contributed by atoms with van der Waals surface area (Å²) >= 11 is 0. The largest absolute Gasteiger partial charge is 0.352 e. The van der Waals surface area contributed by atoms with Crippen molar-refractivity contribution < 1.29 is 9.72 Å². The molecule has 4 N–H and O–H groups in total. The van der Waals surface area contributed by atoms with Gasteiger partial charge < -0.3 is 16.4 Å². The summed E-state index contributed by atoms with van der Waals surface area (Å²) in [5.74, 6) is -0.203. The number of hydrogen-bond acceptors (Lipinski definition) is 5. The number of nitrogens with zero attached hydrogens (tertiary/aromatic N) is 1. The van der Waals surface area contributed by atoms with E-state index < -0.39 is 4.92 Å². The lowest BCUT2D eigenvalue weighted by Gasteiger charge is -2.06. The maximum atomic E-state index is 11.8. The first-order chi connectivity index (χ1) is 10.6. The zero-order valence-corrected chi connectivity index (χ0v) is 12.7. The Bertz CT molecular complexity index is 462. The fourth-order valence-corrected chi connectivity index (χ4v) is 1.93. The highest BCUT2D eigenvalue weighted by atomic mass is 16.6. The van der Waals surface area contributed by atoms with Crippen molar-refractivity contribution in [3.8, 4) is 0 Å². The van der Waals surface area contributed by atoms with Crippen LogP contribution in [0.4, 0.5) is 5.69 Å². The van der Waals surface area contributed by atoms with Crippen LogP contribution in [0.2, 0.25) is 0 Å². The van der Waals surface area contributed by atoms with Crippen LogP contribution in [0.25, 0.3) is 0 Å². The third kappa shape index (κ3) is 7.14. The van der Waals surface area contributed by atoms with E-state index in [9.17, 15) is 14.9 Å². The number of carbonyl (C=O) groups excluding carboxylic acids is 1. The number of unbranched alkanes of at least 4 members (excludes halogenated alkanes) is 2. The summed E-state index contributed by atoms with van der Waals surface area (Å²) in [6.07, 6.45) is 4.01. The second-order valence-electron chi connectivity index (χ2n) is 5.01. The number of nitrogens with two attached hydrogens (primary N) is 1. The normalized spacial score (nSPS) is 10.4. The van der Waals surface area contributed by atoms with Gasteiger partial charge in [-0.25, -0.2) is 0 Å². The number of nitro groups is 1. The molecule has 1 aromatic carbocycles. The quantitative estimate of drug-likeness (QED) is 0.325. The van der Waals surface area contributed by atoms with Gasteiger partial charge in [0.25, 0.3) is 11.6 Å². The van der Waals surface area contributed by atoms with E-state index in [1.807, 2.05) is 0 Å². The molecule has 0 aromatic heterocycles. The molecule has 0 aliphatic carbocycles. The first kappa shape index (κ1) is 18.1. The number of carbonyl (C=O) groups is 1. The van der Waals surface area contributed by atoms with Gasteiger partial charge >= 0.3 is 0 Å². The molecule has 22 heavy (non-hydrogen) atoms. The molecule has 0 spiro atoms. The number of amides is 1. The zero-order chi connectivity index (χ0) is 16.2. The van der Waals surface area contributed by atoms with Crippen molar-refractivity contribution in [2.75, 3.05) is 26.2 Å². The lowest BCUT2D eigenvalue weighted by molar-refractivity contribution is -0.384. The summed E-state index contributed by atoms with van der Waals surface area (Å²) in [5, 5.41) is 16.7. The second-order valence-corrected chi connectivity index (χ2v) is 5.01. The number of nitrogens with one attached hydrogen (secondary N) is 2. The van der Waals surface area contributed by atoms with Crippen molar-refractivity contribution in [3.63, 3.8) is 0 Å². The first-order valence-corrected chi connectivity index (χ1v) is 7.58. The molecule has 7 nitrogen and oxygen atoms in total. The van der Waals surface area contributed by atoms with Crippen molar-refractivity contribution in [1.29, 1.82) is 0 Å². The second kappa shape index (κ2) is 10.7. The molecule has 0 unspecified atom stereocenters. The van der Waals surface area contributed by atoms with Gasteiger partial charge in [0.05, 0.1) is 4.92 Å². The van der Waals surface area contributed by atoms with Gasteiger partial charge in [0.1, 0.15) is 0 Å². The third-order valence-corrected chi connectivity index (χ3v) is 3.21. The zero-order valence-electron chi connectivity index (χ0n) is 12.7. The van der Waals surface area contributed by atoms with Gasteiger partial charge in [0.15, 0.2) is 0 Å². The van der Waals surface area contributed by atoms with E-state index in [1.54, 1.807) is 0 Å². The van der Waals surface area contributed by atoms with Crippen LogP contribution in [0.1, 0.15) is 36.0 Å². The third-order valence-electron chi connectivity index (χ3n) is 3.21. The van der Waals surface area contributed by atoms with Crippen molar-refractivity contribution in [2.24, 2.45) is 5.73 Å². The molecule has 0 aliphatic heterocycles. The van der Waals surface area contributed by atoms with Crippen molar-refractivity contribution >= 4 is 11.6 Å². The predicted molar refractivity (Wildman–Crippen MR) is 85.8 cm³/mol. The first-order valence-electron chi connectivity index (χ1n) is 7.58. The molecule has 0 saturated carbocycles. The lowest BCUT2D eigenvalue weighted by atomic mass is 10.2. The van der Waals surface area contributed by atoms with Crippen LogP contribution < -0.4 is 16.4 Å². The summed E-state index contributed by atoms with van der Waals surface area (Å²) in [6, 6.07) is 5.60. The van der Waals surface area contributed by atoms with Crippen molar-refractivity contribution in [1.82, 2.24) is 10.6 Å². The molecule has 0 saturated heterocycles. The Hall–Kier alpha value is -1.99. The highest BCUT2D eigenvalue weighted by Crippen LogP contribution is 2.11. The van der Waals surface area contributed by atoms with Crippen molar-refractivity contribution in [3.05, 3.63) is 39.9 Å². The number of rotatable bonds is 11. The molecule has 0 radical (unpaired) electrons. The summed E-state index contributed by atoms with van der Waals surface area (Å²) in [4.78, 5) is 21.9. The van der Waals surface area contributed by atoms with E-state index in [0.717, 1.165) is 45.3 Å². The SMILES string of the molecule is NCCCCNCCCCNC(=O)c1ccc([N+](=O)[O-])cc1. The van der Waals surface area contributed by atoms with Gasteiger partial charge in [0.2, 0.25) is 0 Å². The minimum absolute atomic E-state index is 0.0164. The molecular weight excluding hydrogens is 284 g/mol. The van der Waals surface area contributed by atoms with Gasteiger partial charge in [-0.2, -0.15) is 0 Å². The Labute approximate surface area is 130 Å². The molecule has 0 bridgehead atoms. The van der Waals surface area contributed by atoms with E-state index in [2.05, 4.69) is 10.6 Å². The molecule has 7 heteroatoms. The van der Waals surface area contributed by atoms with Crippen molar-refractivity contribution in [2.45, 2.75) is 25.7 Å². The van der Waals surface area contributed by atoms with Gasteiger partial charge in [-0.05, 0) is 57.5 Å². The van der Waals surface area contributed by atoms with Gasteiger partial charge in [-0.1, -0.05) is 0 Å². The average molecular weight is 308 g/mol. The number of hydrogen-bond donors (Lipinski definition) is 3. The minimum atomic E-state index is -0.484. The molecule has 1 aromatic rings. The van der Waals surface area contributed by atoms with Crippen LogP contribution >= 0.6 is 0 Å². The topological polar surface area (TPSA) is 110 Å². The Morgan fingerprint density at radius 3 is 2.23 bits per heavy atom. The van der Waals surface area contributed by atoms with Crippen LogP contribution in [-0.2, 0) is 0 Å². The Kier molecular flexibility index (Phi) is 8.78. The summed E-state index contributed by atoms with van der Waals surface area (Å²) in [6.45, 7) is 3.24. The Morgan fingerprint density at radius 1 is 1.05 bits per heavy atom. The highest BCUT2D eigenvalue weighted by Gasteiger charge is 2.08. The predicted octanol–water partition coefficient (Wildman–Crippen LogP) is 1.43. The molecule has 0 fully saturated rings. The standard InChI is InChI=1S/C15H24N4O3/c16-9-1-2-10-17-11-3-4-12-18-15(20)13-5-7-14(8-6-13)19(21)22/h5-8,17H,1-4,9-12,16H2,(H,18,20). The fourth-order valence-electron chi connectivity index (χ4n) is 1.93. The minimum Gasteiger partial charge on any atom is -0.352 e. The molecule has 0 aliphatic rings. The highest BCUT2D eigenvalue weighted by molar-refractivity contribution is 5.94. The Balaban J connectivity index is 2.12. The monoisotopic (exact) mass is 308 g/mol. The van der Waals surface area contributed by atoms with E-state index >= 15 is 0 Å².